The highest BCUT2D eigenvalue weighted by Crippen LogP contribution is 2.39. The SMILES string of the molecule is CC(C)c1nc(C2CCC2)c(N)n1C. The van der Waals surface area contributed by atoms with Crippen molar-refractivity contribution in [1.29, 1.82) is 0 Å². The zero-order valence-corrected chi connectivity index (χ0v) is 9.25. The Balaban J connectivity index is 2.36. The van der Waals surface area contributed by atoms with E-state index in [2.05, 4.69) is 18.8 Å². The normalized spacial score (nSPS) is 17.4. The lowest BCUT2D eigenvalue weighted by Gasteiger charge is -2.23. The maximum absolute atomic E-state index is 6.05. The summed E-state index contributed by atoms with van der Waals surface area (Å²) in [5.74, 6) is 3.08. The van der Waals surface area contributed by atoms with Gasteiger partial charge in [0.15, 0.2) is 0 Å². The molecule has 0 saturated heterocycles. The van der Waals surface area contributed by atoms with Crippen molar-refractivity contribution in [2.75, 3.05) is 5.73 Å². The number of hydrogen-bond donors (Lipinski definition) is 1. The van der Waals surface area contributed by atoms with Crippen molar-refractivity contribution in [3.05, 3.63) is 11.5 Å². The summed E-state index contributed by atoms with van der Waals surface area (Å²) in [5.41, 5.74) is 7.19. The Hall–Kier alpha value is -0.990. The van der Waals surface area contributed by atoms with Crippen LogP contribution in [0.3, 0.4) is 0 Å². The Morgan fingerprint density at radius 2 is 2.07 bits per heavy atom. The molecule has 3 heteroatoms. The van der Waals surface area contributed by atoms with Crippen molar-refractivity contribution < 1.29 is 0 Å². The van der Waals surface area contributed by atoms with Crippen molar-refractivity contribution in [2.45, 2.75) is 44.9 Å². The third-order valence-electron chi connectivity index (χ3n) is 3.21. The zero-order valence-electron chi connectivity index (χ0n) is 9.25. The van der Waals surface area contributed by atoms with E-state index in [0.717, 1.165) is 17.3 Å². The summed E-state index contributed by atoms with van der Waals surface area (Å²) in [6.07, 6.45) is 3.86. The van der Waals surface area contributed by atoms with E-state index in [-0.39, 0.29) is 0 Å². The Morgan fingerprint density at radius 3 is 2.43 bits per heavy atom. The van der Waals surface area contributed by atoms with Crippen molar-refractivity contribution in [3.63, 3.8) is 0 Å². The van der Waals surface area contributed by atoms with Gasteiger partial charge in [-0.05, 0) is 12.8 Å². The molecule has 0 unspecified atom stereocenters. The Kier molecular flexibility index (Phi) is 2.25. The predicted octanol–water partition coefficient (Wildman–Crippen LogP) is 2.39. The molecule has 1 saturated carbocycles. The van der Waals surface area contributed by atoms with Crippen LogP contribution < -0.4 is 5.73 Å². The molecule has 1 heterocycles. The Labute approximate surface area is 85.3 Å². The fourth-order valence-corrected chi connectivity index (χ4v) is 2.05. The second-order valence-corrected chi connectivity index (χ2v) is 4.58. The lowest BCUT2D eigenvalue weighted by atomic mass is 9.83. The topological polar surface area (TPSA) is 43.8 Å². The third-order valence-corrected chi connectivity index (χ3v) is 3.21. The van der Waals surface area contributed by atoms with Gasteiger partial charge in [0.1, 0.15) is 11.6 Å². The van der Waals surface area contributed by atoms with Gasteiger partial charge in [0.2, 0.25) is 0 Å². The summed E-state index contributed by atoms with van der Waals surface area (Å²) in [7, 11) is 2.01. The van der Waals surface area contributed by atoms with Crippen LogP contribution in [0.15, 0.2) is 0 Å². The summed E-state index contributed by atoms with van der Waals surface area (Å²) >= 11 is 0. The molecule has 1 aliphatic carbocycles. The van der Waals surface area contributed by atoms with Gasteiger partial charge in [-0.25, -0.2) is 4.98 Å². The van der Waals surface area contributed by atoms with E-state index in [0.29, 0.717) is 11.8 Å². The molecule has 0 aromatic carbocycles. The number of nitrogens with two attached hydrogens (primary N) is 1. The largest absolute Gasteiger partial charge is 0.384 e. The average Bonchev–Trinajstić information content (AvgIpc) is 2.30. The second kappa shape index (κ2) is 3.30. The van der Waals surface area contributed by atoms with E-state index < -0.39 is 0 Å². The average molecular weight is 193 g/mol. The fraction of sp³-hybridized carbons (Fsp3) is 0.727. The highest BCUT2D eigenvalue weighted by Gasteiger charge is 2.26. The van der Waals surface area contributed by atoms with Crippen LogP contribution in [0.2, 0.25) is 0 Å². The molecule has 1 fully saturated rings. The van der Waals surface area contributed by atoms with Crippen LogP contribution in [0.4, 0.5) is 5.82 Å². The van der Waals surface area contributed by atoms with Crippen molar-refractivity contribution in [2.24, 2.45) is 7.05 Å². The van der Waals surface area contributed by atoms with Crippen LogP contribution in [0.5, 0.6) is 0 Å². The lowest BCUT2D eigenvalue weighted by molar-refractivity contribution is 0.413. The van der Waals surface area contributed by atoms with E-state index in [9.17, 15) is 0 Å². The highest BCUT2D eigenvalue weighted by atomic mass is 15.1. The first kappa shape index (κ1) is 9.56. The van der Waals surface area contributed by atoms with Crippen molar-refractivity contribution in [3.8, 4) is 0 Å². The molecule has 1 aromatic heterocycles. The van der Waals surface area contributed by atoms with Gasteiger partial charge in [0.05, 0.1) is 5.69 Å². The minimum atomic E-state index is 0.455. The number of aromatic nitrogens is 2. The van der Waals surface area contributed by atoms with E-state index in [4.69, 9.17) is 5.73 Å². The number of rotatable bonds is 2. The molecular weight excluding hydrogens is 174 g/mol. The molecule has 2 rings (SSSR count). The summed E-state index contributed by atoms with van der Waals surface area (Å²) in [6, 6.07) is 0. The minimum absolute atomic E-state index is 0.455. The van der Waals surface area contributed by atoms with E-state index in [1.54, 1.807) is 0 Å². The van der Waals surface area contributed by atoms with Crippen LogP contribution in [0.1, 0.15) is 56.5 Å². The van der Waals surface area contributed by atoms with Crippen LogP contribution in [-0.4, -0.2) is 9.55 Å². The van der Waals surface area contributed by atoms with Gasteiger partial charge in [-0.3, -0.25) is 0 Å². The minimum Gasteiger partial charge on any atom is -0.384 e. The van der Waals surface area contributed by atoms with Crippen molar-refractivity contribution in [1.82, 2.24) is 9.55 Å². The number of nitrogens with zero attached hydrogens (tertiary/aromatic N) is 2. The molecule has 0 aliphatic heterocycles. The summed E-state index contributed by atoms with van der Waals surface area (Å²) in [4.78, 5) is 4.67. The highest BCUT2D eigenvalue weighted by molar-refractivity contribution is 5.41. The maximum Gasteiger partial charge on any atom is 0.126 e. The van der Waals surface area contributed by atoms with Gasteiger partial charge in [-0.2, -0.15) is 0 Å². The molecule has 78 valence electrons. The summed E-state index contributed by atoms with van der Waals surface area (Å²) < 4.78 is 2.04. The lowest BCUT2D eigenvalue weighted by Crippen LogP contribution is -2.11. The van der Waals surface area contributed by atoms with Gasteiger partial charge in [0, 0.05) is 18.9 Å². The Morgan fingerprint density at radius 1 is 1.43 bits per heavy atom. The monoisotopic (exact) mass is 193 g/mol. The maximum atomic E-state index is 6.05. The van der Waals surface area contributed by atoms with Gasteiger partial charge >= 0.3 is 0 Å². The van der Waals surface area contributed by atoms with Crippen LogP contribution in [0.25, 0.3) is 0 Å². The molecule has 2 N–H and O–H groups in total. The summed E-state index contributed by atoms with van der Waals surface area (Å²) in [5, 5.41) is 0. The van der Waals surface area contributed by atoms with Gasteiger partial charge in [-0.1, -0.05) is 20.3 Å². The smallest absolute Gasteiger partial charge is 0.126 e. The number of imidazole rings is 1. The molecule has 0 bridgehead atoms. The first-order valence-corrected chi connectivity index (χ1v) is 5.43. The predicted molar refractivity (Wildman–Crippen MR) is 58.3 cm³/mol. The molecule has 0 spiro atoms. The first-order chi connectivity index (χ1) is 6.61. The Bertz CT molecular complexity index is 335. The van der Waals surface area contributed by atoms with E-state index in [1.165, 1.54) is 19.3 Å². The van der Waals surface area contributed by atoms with Crippen LogP contribution in [0, 0.1) is 0 Å². The fourth-order valence-electron chi connectivity index (χ4n) is 2.05. The standard InChI is InChI=1S/C11H19N3/c1-7(2)11-13-9(8-5-4-6-8)10(12)14(11)3/h7-8H,4-6,12H2,1-3H3. The molecule has 3 nitrogen and oxygen atoms in total. The quantitative estimate of drug-likeness (QED) is 0.783. The van der Waals surface area contributed by atoms with Gasteiger partial charge < -0.3 is 10.3 Å². The summed E-state index contributed by atoms with van der Waals surface area (Å²) in [6.45, 7) is 4.32. The molecule has 0 amide bonds. The molecule has 1 aliphatic rings. The van der Waals surface area contributed by atoms with E-state index >= 15 is 0 Å². The van der Waals surface area contributed by atoms with Crippen LogP contribution in [-0.2, 0) is 7.05 Å². The zero-order chi connectivity index (χ0) is 10.3. The third kappa shape index (κ3) is 1.31. The molecule has 0 atom stereocenters. The molecule has 0 radical (unpaired) electrons. The van der Waals surface area contributed by atoms with Crippen LogP contribution >= 0.6 is 0 Å². The van der Waals surface area contributed by atoms with Gasteiger partial charge in [-0.15, -0.1) is 0 Å². The number of anilines is 1. The molecule has 1 aromatic rings. The number of hydrogen-bond acceptors (Lipinski definition) is 2. The van der Waals surface area contributed by atoms with Gasteiger partial charge in [0.25, 0.3) is 0 Å². The van der Waals surface area contributed by atoms with Crippen molar-refractivity contribution >= 4 is 5.82 Å². The molecule has 14 heavy (non-hydrogen) atoms. The number of nitrogen functional groups attached to an aromatic ring is 1. The first-order valence-electron chi connectivity index (χ1n) is 5.43. The second-order valence-electron chi connectivity index (χ2n) is 4.58. The molecular formula is C11H19N3. The van der Waals surface area contributed by atoms with E-state index in [1.807, 2.05) is 11.6 Å².